The third-order valence-electron chi connectivity index (χ3n) is 4.77. The molecule has 0 radical (unpaired) electrons. The smallest absolute Gasteiger partial charge is 0.344 e. The number of nitrogens with zero attached hydrogens (tertiary/aromatic N) is 3. The van der Waals surface area contributed by atoms with Crippen LogP contribution in [0, 0.1) is 0 Å². The van der Waals surface area contributed by atoms with Crippen molar-refractivity contribution >= 4 is 54.9 Å². The van der Waals surface area contributed by atoms with Gasteiger partial charge in [-0.1, -0.05) is 36.7 Å². The fourth-order valence-corrected chi connectivity index (χ4v) is 4.20. The second-order valence-corrected chi connectivity index (χ2v) is 10.3. The Labute approximate surface area is 220 Å². The Morgan fingerprint density at radius 3 is 2.51 bits per heavy atom. The van der Waals surface area contributed by atoms with E-state index in [1.807, 2.05) is 39.8 Å². The minimum Gasteiger partial charge on any atom is -0.490 e. The number of benzene rings is 2. The van der Waals surface area contributed by atoms with Gasteiger partial charge in [0.25, 0.3) is 5.56 Å². The van der Waals surface area contributed by atoms with Crippen molar-refractivity contribution in [2.75, 3.05) is 19.8 Å². The van der Waals surface area contributed by atoms with E-state index in [2.05, 4.69) is 37.0 Å². The molecule has 3 aromatic rings. The molecule has 0 saturated carbocycles. The molecule has 35 heavy (non-hydrogen) atoms. The lowest BCUT2D eigenvalue weighted by Gasteiger charge is -2.21. The first-order valence-electron chi connectivity index (χ1n) is 11.1. The van der Waals surface area contributed by atoms with E-state index in [4.69, 9.17) is 19.2 Å². The van der Waals surface area contributed by atoms with Crippen molar-refractivity contribution in [1.29, 1.82) is 0 Å². The highest BCUT2D eigenvalue weighted by Gasteiger charge is 2.23. The van der Waals surface area contributed by atoms with Gasteiger partial charge >= 0.3 is 5.97 Å². The summed E-state index contributed by atoms with van der Waals surface area (Å²) < 4.78 is 19.0. The summed E-state index contributed by atoms with van der Waals surface area (Å²) in [6, 6.07) is 8.89. The molecule has 0 N–H and O–H groups in total. The summed E-state index contributed by atoms with van der Waals surface area (Å²) in [7, 11) is 0. The molecule has 3 rings (SSSR count). The first-order valence-corrected chi connectivity index (χ1v) is 12.7. The number of hydrogen-bond donors (Lipinski definition) is 0. The quantitative estimate of drug-likeness (QED) is 0.250. The van der Waals surface area contributed by atoms with E-state index >= 15 is 0 Å². The van der Waals surface area contributed by atoms with Gasteiger partial charge in [0, 0.05) is 9.89 Å². The van der Waals surface area contributed by atoms with Gasteiger partial charge in [-0.25, -0.2) is 9.78 Å². The first kappa shape index (κ1) is 26.9. The third kappa shape index (κ3) is 6.49. The van der Waals surface area contributed by atoms with Crippen LogP contribution in [0.1, 0.15) is 46.0 Å². The minimum atomic E-state index is -0.475. The summed E-state index contributed by atoms with van der Waals surface area (Å²) in [5.74, 6) is 0.863. The van der Waals surface area contributed by atoms with Crippen molar-refractivity contribution in [3.05, 3.63) is 61.0 Å². The minimum absolute atomic E-state index is 0.247. The van der Waals surface area contributed by atoms with Crippen molar-refractivity contribution in [1.82, 2.24) is 9.66 Å². The van der Waals surface area contributed by atoms with Crippen LogP contribution in [0.3, 0.4) is 0 Å². The highest BCUT2D eigenvalue weighted by molar-refractivity contribution is 9.10. The molecule has 186 valence electrons. The lowest BCUT2D eigenvalue weighted by atomic mass is 9.95. The van der Waals surface area contributed by atoms with Gasteiger partial charge in [0.1, 0.15) is 5.82 Å². The molecule has 0 bridgehead atoms. The molecule has 0 spiro atoms. The Morgan fingerprint density at radius 1 is 1.11 bits per heavy atom. The van der Waals surface area contributed by atoms with Gasteiger partial charge in [-0.3, -0.25) is 4.79 Å². The SMILES string of the molecule is CCOC(=O)COc1c(Br)cc(C=Nn2c(C(C)(C)C)nc3ccc(Br)cc3c2=O)cc1OCC. The molecule has 8 nitrogen and oxygen atoms in total. The van der Waals surface area contributed by atoms with Crippen LogP contribution in [-0.4, -0.2) is 41.7 Å². The van der Waals surface area contributed by atoms with Crippen LogP contribution >= 0.6 is 31.9 Å². The molecule has 0 atom stereocenters. The molecule has 2 aromatic carbocycles. The predicted molar refractivity (Wildman–Crippen MR) is 143 cm³/mol. The molecular weight excluding hydrogens is 582 g/mol. The number of carbonyl (C=O) groups excluding carboxylic acids is 1. The summed E-state index contributed by atoms with van der Waals surface area (Å²) in [4.78, 5) is 29.8. The second kappa shape index (κ2) is 11.3. The molecule has 0 amide bonds. The zero-order valence-corrected chi connectivity index (χ0v) is 23.4. The van der Waals surface area contributed by atoms with Crippen molar-refractivity contribution in [3.63, 3.8) is 0 Å². The van der Waals surface area contributed by atoms with Gasteiger partial charge in [-0.05, 0) is 65.7 Å². The Hall–Kier alpha value is -2.72. The molecule has 1 aromatic heterocycles. The standard InChI is InChI=1S/C25H27Br2N3O5/c1-6-33-20-11-15(10-18(27)22(20)35-14-21(31)34-7-2)13-28-30-23(32)17-12-16(26)8-9-19(17)29-24(30)25(3,4)5/h8-13H,6-7,14H2,1-5H3. The summed E-state index contributed by atoms with van der Waals surface area (Å²) >= 11 is 6.90. The molecule has 0 fully saturated rings. The number of rotatable bonds is 8. The van der Waals surface area contributed by atoms with Crippen molar-refractivity contribution in [2.45, 2.75) is 40.0 Å². The molecule has 0 saturated heterocycles. The lowest BCUT2D eigenvalue weighted by Crippen LogP contribution is -2.29. The van der Waals surface area contributed by atoms with E-state index in [0.717, 1.165) is 4.47 Å². The van der Waals surface area contributed by atoms with Crippen LogP contribution < -0.4 is 15.0 Å². The van der Waals surface area contributed by atoms with Crippen LogP contribution in [0.2, 0.25) is 0 Å². The Morgan fingerprint density at radius 2 is 1.86 bits per heavy atom. The average molecular weight is 609 g/mol. The van der Waals surface area contributed by atoms with Gasteiger partial charge < -0.3 is 14.2 Å². The fourth-order valence-electron chi connectivity index (χ4n) is 3.26. The number of halogens is 2. The second-order valence-electron chi connectivity index (χ2n) is 8.57. The Bertz CT molecular complexity index is 1330. The van der Waals surface area contributed by atoms with Gasteiger partial charge in [0.15, 0.2) is 18.1 Å². The van der Waals surface area contributed by atoms with Crippen molar-refractivity contribution < 1.29 is 19.0 Å². The Kier molecular flexibility index (Phi) is 8.71. The molecule has 0 aliphatic rings. The van der Waals surface area contributed by atoms with Crippen LogP contribution in [0.5, 0.6) is 11.5 Å². The molecule has 10 heteroatoms. The largest absolute Gasteiger partial charge is 0.490 e. The van der Waals surface area contributed by atoms with Crippen LogP contribution in [0.15, 0.2) is 49.2 Å². The summed E-state index contributed by atoms with van der Waals surface area (Å²) in [6.07, 6.45) is 1.56. The van der Waals surface area contributed by atoms with E-state index in [1.54, 1.807) is 31.3 Å². The van der Waals surface area contributed by atoms with E-state index < -0.39 is 11.4 Å². The first-order chi connectivity index (χ1) is 16.5. The number of esters is 1. The van der Waals surface area contributed by atoms with Gasteiger partial charge in [-0.2, -0.15) is 9.78 Å². The van der Waals surface area contributed by atoms with Gasteiger partial charge in [0.05, 0.1) is 34.8 Å². The van der Waals surface area contributed by atoms with Crippen LogP contribution in [-0.2, 0) is 14.9 Å². The highest BCUT2D eigenvalue weighted by atomic mass is 79.9. The molecule has 1 heterocycles. The topological polar surface area (TPSA) is 92.0 Å². The van der Waals surface area contributed by atoms with Crippen LogP contribution in [0.25, 0.3) is 10.9 Å². The van der Waals surface area contributed by atoms with Crippen molar-refractivity contribution in [2.24, 2.45) is 5.10 Å². The predicted octanol–water partition coefficient (Wildman–Crippen LogP) is 5.44. The summed E-state index contributed by atoms with van der Waals surface area (Å²) in [5, 5.41) is 4.96. The number of hydrogen-bond acceptors (Lipinski definition) is 7. The highest BCUT2D eigenvalue weighted by Crippen LogP contribution is 2.36. The van der Waals surface area contributed by atoms with Crippen molar-refractivity contribution in [3.8, 4) is 11.5 Å². The van der Waals surface area contributed by atoms with Gasteiger partial charge in [0.2, 0.25) is 0 Å². The van der Waals surface area contributed by atoms with E-state index in [0.29, 0.717) is 44.9 Å². The molecule has 0 aliphatic carbocycles. The number of aromatic nitrogens is 2. The maximum absolute atomic E-state index is 13.4. The normalized spacial score (nSPS) is 11.7. The number of carbonyl (C=O) groups is 1. The monoisotopic (exact) mass is 607 g/mol. The average Bonchev–Trinajstić information content (AvgIpc) is 2.78. The maximum atomic E-state index is 13.4. The number of fused-ring (bicyclic) bond motifs is 1. The summed E-state index contributed by atoms with van der Waals surface area (Å²) in [6.45, 7) is 9.92. The molecule has 0 aliphatic heterocycles. The van der Waals surface area contributed by atoms with Crippen LogP contribution in [0.4, 0.5) is 0 Å². The maximum Gasteiger partial charge on any atom is 0.344 e. The van der Waals surface area contributed by atoms with E-state index in [-0.39, 0.29) is 18.8 Å². The third-order valence-corrected chi connectivity index (χ3v) is 5.86. The molecular formula is C25H27Br2N3O5. The zero-order valence-electron chi connectivity index (χ0n) is 20.2. The Balaban J connectivity index is 2.05. The zero-order chi connectivity index (χ0) is 25.8. The molecule has 0 unspecified atom stereocenters. The van der Waals surface area contributed by atoms with E-state index in [9.17, 15) is 9.59 Å². The lowest BCUT2D eigenvalue weighted by molar-refractivity contribution is -0.145. The fraction of sp³-hybridized carbons (Fsp3) is 0.360. The summed E-state index contributed by atoms with van der Waals surface area (Å²) in [5.41, 5.74) is 0.569. The number of ether oxygens (including phenoxy) is 3. The van der Waals surface area contributed by atoms with Gasteiger partial charge in [-0.15, -0.1) is 0 Å². The van der Waals surface area contributed by atoms with E-state index in [1.165, 1.54) is 4.68 Å².